The Hall–Kier alpha value is -2.13. The summed E-state index contributed by atoms with van der Waals surface area (Å²) < 4.78 is 1.19. The number of nitriles is 1. The number of amides is 1. The molecule has 2 heterocycles. The summed E-state index contributed by atoms with van der Waals surface area (Å²) in [6.45, 7) is 1.89. The molecule has 0 radical (unpaired) electrons. The summed E-state index contributed by atoms with van der Waals surface area (Å²) in [6, 6.07) is 10.6. The van der Waals surface area contributed by atoms with Crippen LogP contribution in [0.25, 0.3) is 10.2 Å². The third kappa shape index (κ3) is 2.96. The van der Waals surface area contributed by atoms with Crippen LogP contribution in [0.2, 0.25) is 0 Å². The fourth-order valence-corrected chi connectivity index (χ4v) is 4.43. The fraction of sp³-hybridized carbons (Fsp3) is 0.500. The Balaban J connectivity index is 1.50. The third-order valence-electron chi connectivity index (χ3n) is 4.84. The van der Waals surface area contributed by atoms with Gasteiger partial charge in [-0.3, -0.25) is 4.79 Å². The summed E-state index contributed by atoms with van der Waals surface area (Å²) in [5, 5.41) is 10.0. The number of carbonyl (C=O) groups excluding carboxylic acids is 1. The molecule has 124 valence electrons. The van der Waals surface area contributed by atoms with Gasteiger partial charge in [0, 0.05) is 19.1 Å². The molecule has 2 fully saturated rings. The molecule has 2 aromatic rings. The van der Waals surface area contributed by atoms with Gasteiger partial charge in [-0.1, -0.05) is 23.5 Å². The molecule has 1 aromatic carbocycles. The second kappa shape index (κ2) is 6.40. The highest BCUT2D eigenvalue weighted by atomic mass is 32.1. The first-order valence-corrected chi connectivity index (χ1v) is 9.36. The first-order chi connectivity index (χ1) is 11.8. The first-order valence-electron chi connectivity index (χ1n) is 8.54. The average Bonchev–Trinajstić information content (AvgIpc) is 3.36. The van der Waals surface area contributed by atoms with Crippen molar-refractivity contribution in [3.05, 3.63) is 24.3 Å². The maximum absolute atomic E-state index is 12.8. The molecule has 1 aliphatic carbocycles. The zero-order valence-corrected chi connectivity index (χ0v) is 14.3. The molecule has 4 rings (SSSR count). The number of thiazole rings is 1. The number of carbonyl (C=O) groups is 1. The van der Waals surface area contributed by atoms with Crippen molar-refractivity contribution < 1.29 is 4.79 Å². The molecule has 1 saturated carbocycles. The van der Waals surface area contributed by atoms with Gasteiger partial charge >= 0.3 is 0 Å². The van der Waals surface area contributed by atoms with Crippen LogP contribution in [0.15, 0.2) is 24.3 Å². The molecule has 1 aliphatic heterocycles. The lowest BCUT2D eigenvalue weighted by atomic mass is 9.96. The Morgan fingerprint density at radius 3 is 2.96 bits per heavy atom. The molecule has 1 aromatic heterocycles. The maximum Gasteiger partial charge on any atom is 0.228 e. The lowest BCUT2D eigenvalue weighted by Gasteiger charge is -2.34. The monoisotopic (exact) mass is 340 g/mol. The van der Waals surface area contributed by atoms with Crippen molar-refractivity contribution in [1.29, 1.82) is 5.26 Å². The molecule has 2 aliphatic rings. The smallest absolute Gasteiger partial charge is 0.228 e. The Bertz CT molecular complexity index is 759. The molecule has 1 atom stereocenters. The molecule has 6 heteroatoms. The lowest BCUT2D eigenvalue weighted by Crippen LogP contribution is -2.45. The summed E-state index contributed by atoms with van der Waals surface area (Å²) in [5.74, 6) is 0.143. The van der Waals surface area contributed by atoms with Gasteiger partial charge in [0.2, 0.25) is 5.91 Å². The van der Waals surface area contributed by atoms with E-state index in [1.165, 1.54) is 4.70 Å². The fourth-order valence-electron chi connectivity index (χ4n) is 3.43. The number of para-hydroxylation sites is 1. The number of rotatable bonds is 4. The van der Waals surface area contributed by atoms with Gasteiger partial charge in [-0.05, 0) is 37.8 Å². The normalized spacial score (nSPS) is 20.8. The van der Waals surface area contributed by atoms with E-state index >= 15 is 0 Å². The van der Waals surface area contributed by atoms with Gasteiger partial charge in [0.15, 0.2) is 5.13 Å². The van der Waals surface area contributed by atoms with Gasteiger partial charge in [0.05, 0.1) is 22.2 Å². The number of benzene rings is 1. The summed E-state index contributed by atoms with van der Waals surface area (Å²) in [5.41, 5.74) is 1.02. The largest absolute Gasteiger partial charge is 0.347 e. The van der Waals surface area contributed by atoms with E-state index in [1.807, 2.05) is 18.2 Å². The van der Waals surface area contributed by atoms with Crippen LogP contribution in [0.1, 0.15) is 25.7 Å². The van der Waals surface area contributed by atoms with E-state index < -0.39 is 0 Å². The Labute approximate surface area is 145 Å². The van der Waals surface area contributed by atoms with Gasteiger partial charge in [0.25, 0.3) is 0 Å². The van der Waals surface area contributed by atoms with Gasteiger partial charge < -0.3 is 9.80 Å². The number of anilines is 1. The quantitative estimate of drug-likeness (QED) is 0.803. The maximum atomic E-state index is 12.8. The molecule has 1 amide bonds. The second-order valence-electron chi connectivity index (χ2n) is 6.60. The molecule has 0 spiro atoms. The van der Waals surface area contributed by atoms with Gasteiger partial charge in [-0.25, -0.2) is 4.98 Å². The average molecular weight is 340 g/mol. The van der Waals surface area contributed by atoms with Crippen LogP contribution in [0.3, 0.4) is 0 Å². The molecule has 1 saturated heterocycles. The number of hydrogen-bond acceptors (Lipinski definition) is 5. The van der Waals surface area contributed by atoms with Crippen molar-refractivity contribution >= 4 is 32.6 Å². The van der Waals surface area contributed by atoms with Gasteiger partial charge in [0.1, 0.15) is 6.54 Å². The SMILES string of the molecule is N#CCN(C(=O)[C@H]1CCCN(c2nc3ccccc3s2)C1)C1CC1. The zero-order valence-electron chi connectivity index (χ0n) is 13.5. The van der Waals surface area contributed by atoms with E-state index in [1.54, 1.807) is 16.2 Å². The number of aromatic nitrogens is 1. The van der Waals surface area contributed by atoms with Crippen molar-refractivity contribution in [3.63, 3.8) is 0 Å². The van der Waals surface area contributed by atoms with E-state index in [-0.39, 0.29) is 18.4 Å². The van der Waals surface area contributed by atoms with Crippen LogP contribution < -0.4 is 4.90 Å². The number of hydrogen-bond donors (Lipinski definition) is 0. The summed E-state index contributed by atoms with van der Waals surface area (Å²) >= 11 is 1.69. The molecule has 0 N–H and O–H groups in total. The number of fused-ring (bicyclic) bond motifs is 1. The summed E-state index contributed by atoms with van der Waals surface area (Å²) in [6.07, 6.45) is 4.00. The zero-order chi connectivity index (χ0) is 16.5. The third-order valence-corrected chi connectivity index (χ3v) is 5.93. The van der Waals surface area contributed by atoms with Crippen LogP contribution in [-0.2, 0) is 4.79 Å². The van der Waals surface area contributed by atoms with Crippen molar-refractivity contribution in [2.75, 3.05) is 24.5 Å². The number of nitrogens with zero attached hydrogens (tertiary/aromatic N) is 4. The minimum Gasteiger partial charge on any atom is -0.347 e. The van der Waals surface area contributed by atoms with E-state index in [0.29, 0.717) is 12.6 Å². The van der Waals surface area contributed by atoms with Crippen LogP contribution in [0.5, 0.6) is 0 Å². The highest BCUT2D eigenvalue weighted by Crippen LogP contribution is 2.33. The van der Waals surface area contributed by atoms with E-state index in [9.17, 15) is 4.79 Å². The molecule has 5 nitrogen and oxygen atoms in total. The molecule has 24 heavy (non-hydrogen) atoms. The van der Waals surface area contributed by atoms with E-state index in [4.69, 9.17) is 10.2 Å². The molecule has 0 bridgehead atoms. The topological polar surface area (TPSA) is 60.2 Å². The van der Waals surface area contributed by atoms with Crippen LogP contribution in [0, 0.1) is 17.2 Å². The molecule has 0 unspecified atom stereocenters. The minimum absolute atomic E-state index is 0.0142. The predicted octanol–water partition coefficient (Wildman–Crippen LogP) is 3.03. The summed E-state index contributed by atoms with van der Waals surface area (Å²) in [7, 11) is 0. The standard InChI is InChI=1S/C18H20N4OS/c19-9-11-22(14-7-8-14)17(23)13-4-3-10-21(12-13)18-20-15-5-1-2-6-16(15)24-18/h1-2,5-6,13-14H,3-4,7-8,10-12H2/t13-/m0/s1. The lowest BCUT2D eigenvalue weighted by molar-refractivity contribution is -0.135. The van der Waals surface area contributed by atoms with E-state index in [2.05, 4.69) is 17.0 Å². The predicted molar refractivity (Wildman–Crippen MR) is 94.9 cm³/mol. The van der Waals surface area contributed by atoms with E-state index in [0.717, 1.165) is 42.9 Å². The van der Waals surface area contributed by atoms with Crippen molar-refractivity contribution in [3.8, 4) is 6.07 Å². The highest BCUT2D eigenvalue weighted by Gasteiger charge is 2.37. The Morgan fingerprint density at radius 1 is 1.38 bits per heavy atom. The van der Waals surface area contributed by atoms with Crippen molar-refractivity contribution in [1.82, 2.24) is 9.88 Å². The summed E-state index contributed by atoms with van der Waals surface area (Å²) in [4.78, 5) is 21.6. The van der Waals surface area contributed by atoms with Crippen LogP contribution >= 0.6 is 11.3 Å². The van der Waals surface area contributed by atoms with Crippen molar-refractivity contribution in [2.24, 2.45) is 5.92 Å². The second-order valence-corrected chi connectivity index (χ2v) is 7.61. The van der Waals surface area contributed by atoms with Crippen LogP contribution in [0.4, 0.5) is 5.13 Å². The van der Waals surface area contributed by atoms with Crippen LogP contribution in [-0.4, -0.2) is 41.5 Å². The Morgan fingerprint density at radius 2 is 2.21 bits per heavy atom. The molecular weight excluding hydrogens is 320 g/mol. The highest BCUT2D eigenvalue weighted by molar-refractivity contribution is 7.22. The Kier molecular flexibility index (Phi) is 4.11. The van der Waals surface area contributed by atoms with Crippen molar-refractivity contribution in [2.45, 2.75) is 31.7 Å². The van der Waals surface area contributed by atoms with Gasteiger partial charge in [-0.2, -0.15) is 5.26 Å². The minimum atomic E-state index is -0.0142. The first kappa shape index (κ1) is 15.4. The number of piperidine rings is 1. The molecular formula is C18H20N4OS. The van der Waals surface area contributed by atoms with Gasteiger partial charge in [-0.15, -0.1) is 0 Å².